The number of allylic oxidation sites excluding steroid dienone is 1. The number of methoxy groups -OCH3 is 1. The maximum atomic E-state index is 12.7. The van der Waals surface area contributed by atoms with Gasteiger partial charge in [-0.25, -0.2) is 0 Å². The summed E-state index contributed by atoms with van der Waals surface area (Å²) in [5.74, 6) is 0.304. The van der Waals surface area contributed by atoms with E-state index in [1.54, 1.807) is 37.5 Å². The van der Waals surface area contributed by atoms with Gasteiger partial charge < -0.3 is 4.74 Å². The minimum Gasteiger partial charge on any atom is -0.496 e. The number of para-hydroxylation sites is 1. The zero-order chi connectivity index (χ0) is 17.3. The van der Waals surface area contributed by atoms with Gasteiger partial charge in [0.15, 0.2) is 0 Å². The van der Waals surface area contributed by atoms with Gasteiger partial charge >= 0.3 is 0 Å². The lowest BCUT2D eigenvalue weighted by atomic mass is 10.1. The molecule has 1 heterocycles. The third-order valence-corrected chi connectivity index (χ3v) is 3.96. The van der Waals surface area contributed by atoms with Crippen LogP contribution in [0.1, 0.15) is 28.4 Å². The number of hydrogen-bond acceptors (Lipinski definition) is 3. The highest BCUT2D eigenvalue weighted by Gasteiger charge is 2.34. The maximum Gasteiger partial charge on any atom is 0.228 e. The molecule has 1 aliphatic rings. The molecule has 0 saturated heterocycles. The van der Waals surface area contributed by atoms with Gasteiger partial charge in [-0.2, -0.15) is 0 Å². The maximum absolute atomic E-state index is 12.7. The molecule has 0 saturated carbocycles. The summed E-state index contributed by atoms with van der Waals surface area (Å²) in [7, 11) is 1.58. The van der Waals surface area contributed by atoms with Crippen LogP contribution in [-0.2, 0) is 4.79 Å². The zero-order valence-corrected chi connectivity index (χ0v) is 13.6. The van der Waals surface area contributed by atoms with Crippen LogP contribution in [0.25, 0.3) is 12.2 Å². The van der Waals surface area contributed by atoms with Gasteiger partial charge in [0, 0.05) is 18.1 Å². The molecule has 0 bridgehead atoms. The number of carbonyl (C=O) groups is 2. The van der Waals surface area contributed by atoms with Crippen molar-refractivity contribution in [2.75, 3.05) is 12.0 Å². The van der Waals surface area contributed by atoms with Crippen molar-refractivity contribution in [2.24, 2.45) is 0 Å². The first kappa shape index (κ1) is 15.7. The van der Waals surface area contributed by atoms with E-state index in [9.17, 15) is 9.59 Å². The van der Waals surface area contributed by atoms with E-state index in [-0.39, 0.29) is 11.7 Å². The molecule has 0 aliphatic carbocycles. The normalized spacial score (nSPS) is 14.7. The molecule has 120 valence electrons. The minimum atomic E-state index is -0.200. The Morgan fingerprint density at radius 3 is 2.62 bits per heavy atom. The number of amides is 1. The summed E-state index contributed by atoms with van der Waals surface area (Å²) in [4.78, 5) is 26.2. The van der Waals surface area contributed by atoms with Crippen LogP contribution in [0, 0.1) is 0 Å². The van der Waals surface area contributed by atoms with Crippen molar-refractivity contribution in [1.29, 1.82) is 0 Å². The highest BCUT2D eigenvalue weighted by molar-refractivity contribution is 6.26. The Kier molecular flexibility index (Phi) is 4.04. The average Bonchev–Trinajstić information content (AvgIpc) is 2.87. The summed E-state index contributed by atoms with van der Waals surface area (Å²) in [6.07, 6.45) is 3.41. The molecule has 0 radical (unpaired) electrons. The Labute approximate surface area is 140 Å². The summed E-state index contributed by atoms with van der Waals surface area (Å²) >= 11 is 0. The van der Waals surface area contributed by atoms with E-state index < -0.39 is 0 Å². The van der Waals surface area contributed by atoms with Crippen molar-refractivity contribution in [3.05, 3.63) is 71.4 Å². The zero-order valence-electron chi connectivity index (χ0n) is 13.6. The van der Waals surface area contributed by atoms with Crippen molar-refractivity contribution >= 4 is 29.5 Å². The molecule has 24 heavy (non-hydrogen) atoms. The second-order valence-corrected chi connectivity index (χ2v) is 5.44. The van der Waals surface area contributed by atoms with Gasteiger partial charge in [0.05, 0.1) is 18.5 Å². The summed E-state index contributed by atoms with van der Waals surface area (Å²) in [6.45, 7) is 5.19. The molecule has 1 aliphatic heterocycles. The molecule has 0 spiro atoms. The van der Waals surface area contributed by atoms with Crippen LogP contribution in [0.15, 0.2) is 54.7 Å². The Hall–Kier alpha value is -3.14. The smallest absolute Gasteiger partial charge is 0.228 e. The first-order valence-electron chi connectivity index (χ1n) is 7.53. The van der Waals surface area contributed by atoms with E-state index in [4.69, 9.17) is 4.74 Å². The number of rotatable bonds is 3. The Balaban J connectivity index is 2.11. The van der Waals surface area contributed by atoms with Gasteiger partial charge in [-0.1, -0.05) is 36.9 Å². The van der Waals surface area contributed by atoms with Crippen molar-refractivity contribution in [2.45, 2.75) is 6.92 Å². The number of hydrogen-bond donors (Lipinski definition) is 0. The van der Waals surface area contributed by atoms with E-state index in [0.717, 1.165) is 11.1 Å². The van der Waals surface area contributed by atoms with Crippen LogP contribution in [0.4, 0.5) is 5.69 Å². The molecule has 0 fully saturated rings. The Bertz CT molecular complexity index is 880. The van der Waals surface area contributed by atoms with Gasteiger partial charge in [-0.3, -0.25) is 14.5 Å². The lowest BCUT2D eigenvalue weighted by Gasteiger charge is -2.16. The largest absolute Gasteiger partial charge is 0.496 e. The molecule has 1 amide bonds. The van der Waals surface area contributed by atoms with Gasteiger partial charge in [-0.15, -0.1) is 0 Å². The lowest BCUT2D eigenvalue weighted by Crippen LogP contribution is -2.25. The quantitative estimate of drug-likeness (QED) is 0.805. The minimum absolute atomic E-state index is 0.160. The molecule has 3 rings (SSSR count). The fraction of sp³-hybridized carbons (Fsp3) is 0.100. The van der Waals surface area contributed by atoms with Gasteiger partial charge in [-0.05, 0) is 29.8 Å². The Morgan fingerprint density at radius 2 is 1.96 bits per heavy atom. The third-order valence-electron chi connectivity index (χ3n) is 3.96. The number of nitrogens with zero attached hydrogens (tertiary/aromatic N) is 1. The van der Waals surface area contributed by atoms with Gasteiger partial charge in [0.2, 0.25) is 11.7 Å². The number of Topliss-reactive ketones (excluding diaryl/α,β-unsaturated/α-hetero) is 1. The first-order valence-corrected chi connectivity index (χ1v) is 7.53. The molecule has 2 aromatic rings. The van der Waals surface area contributed by atoms with E-state index in [1.807, 2.05) is 24.3 Å². The number of ether oxygens (including phenoxy) is 1. The van der Waals surface area contributed by atoms with Crippen molar-refractivity contribution in [3.63, 3.8) is 0 Å². The van der Waals surface area contributed by atoms with Crippen molar-refractivity contribution in [1.82, 2.24) is 0 Å². The molecular weight excluding hydrogens is 302 g/mol. The monoisotopic (exact) mass is 319 g/mol. The summed E-state index contributed by atoms with van der Waals surface area (Å²) in [6, 6.07) is 12.7. The van der Waals surface area contributed by atoms with E-state index in [1.165, 1.54) is 11.8 Å². The SMILES string of the molecule is C=Cc1ccc(/C=C2\C(=O)c3ccccc3N2C(C)=O)cc1OC. The summed E-state index contributed by atoms with van der Waals surface area (Å²) in [5.41, 5.74) is 3.14. The second kappa shape index (κ2) is 6.16. The van der Waals surface area contributed by atoms with Crippen LogP contribution in [0.3, 0.4) is 0 Å². The van der Waals surface area contributed by atoms with Crippen LogP contribution in [0.5, 0.6) is 5.75 Å². The van der Waals surface area contributed by atoms with Crippen LogP contribution in [0.2, 0.25) is 0 Å². The highest BCUT2D eigenvalue weighted by Crippen LogP contribution is 2.35. The van der Waals surface area contributed by atoms with Crippen molar-refractivity contribution in [3.8, 4) is 5.75 Å². The lowest BCUT2D eigenvalue weighted by molar-refractivity contribution is -0.116. The summed E-state index contributed by atoms with van der Waals surface area (Å²) in [5, 5.41) is 0. The Morgan fingerprint density at radius 1 is 1.21 bits per heavy atom. The third kappa shape index (κ3) is 2.52. The fourth-order valence-corrected chi connectivity index (χ4v) is 2.84. The fourth-order valence-electron chi connectivity index (χ4n) is 2.84. The number of anilines is 1. The molecule has 4 nitrogen and oxygen atoms in total. The van der Waals surface area contributed by atoms with Crippen LogP contribution in [-0.4, -0.2) is 18.8 Å². The number of benzene rings is 2. The first-order chi connectivity index (χ1) is 11.6. The number of fused-ring (bicyclic) bond motifs is 1. The van der Waals surface area contributed by atoms with E-state index in [2.05, 4.69) is 6.58 Å². The number of carbonyl (C=O) groups excluding carboxylic acids is 2. The second-order valence-electron chi connectivity index (χ2n) is 5.44. The van der Waals surface area contributed by atoms with Gasteiger partial charge in [0.25, 0.3) is 0 Å². The number of ketones is 1. The molecule has 2 aromatic carbocycles. The topological polar surface area (TPSA) is 46.6 Å². The molecule has 0 N–H and O–H groups in total. The van der Waals surface area contributed by atoms with Crippen molar-refractivity contribution < 1.29 is 14.3 Å². The molecule has 4 heteroatoms. The highest BCUT2D eigenvalue weighted by atomic mass is 16.5. The standard InChI is InChI=1S/C20H17NO3/c1-4-15-10-9-14(12-19(15)24-3)11-18-20(23)16-7-5-6-8-17(16)21(18)13(2)22/h4-12H,1H2,2-3H3/b18-11+. The predicted molar refractivity (Wildman–Crippen MR) is 95.0 cm³/mol. The van der Waals surface area contributed by atoms with E-state index in [0.29, 0.717) is 22.7 Å². The average molecular weight is 319 g/mol. The summed E-state index contributed by atoms with van der Waals surface area (Å²) < 4.78 is 5.34. The van der Waals surface area contributed by atoms with Crippen LogP contribution >= 0.6 is 0 Å². The molecular formula is C20H17NO3. The molecule has 0 atom stereocenters. The van der Waals surface area contributed by atoms with Gasteiger partial charge in [0.1, 0.15) is 5.75 Å². The van der Waals surface area contributed by atoms with E-state index >= 15 is 0 Å². The van der Waals surface area contributed by atoms with Crippen LogP contribution < -0.4 is 9.64 Å². The molecule has 0 aromatic heterocycles. The predicted octanol–water partition coefficient (Wildman–Crippen LogP) is 3.93. The molecule has 0 unspecified atom stereocenters.